The Bertz CT molecular complexity index is 965. The van der Waals surface area contributed by atoms with Crippen LogP contribution in [0.15, 0.2) is 36.4 Å². The van der Waals surface area contributed by atoms with Crippen molar-refractivity contribution in [1.29, 1.82) is 0 Å². The van der Waals surface area contributed by atoms with Crippen LogP contribution in [0.5, 0.6) is 11.5 Å². The van der Waals surface area contributed by atoms with E-state index < -0.39 is 17.8 Å². The van der Waals surface area contributed by atoms with Crippen molar-refractivity contribution in [3.63, 3.8) is 0 Å². The van der Waals surface area contributed by atoms with E-state index in [-0.39, 0.29) is 18.2 Å². The third kappa shape index (κ3) is 6.42. The number of carbonyl (C=O) groups is 1. The lowest BCUT2D eigenvalue weighted by Crippen LogP contribution is -2.32. The van der Waals surface area contributed by atoms with Gasteiger partial charge in [-0.1, -0.05) is 35.6 Å². The topological polar surface area (TPSA) is 56.8 Å². The van der Waals surface area contributed by atoms with Crippen molar-refractivity contribution in [3.8, 4) is 36.2 Å². The fraction of sp³-hybridized carbons (Fsp3) is 0.261. The standard InChI is InChI=1S/C23H21ClFNO4/c1-4-12-29-20-9-6-16(14-21(20)28-3)10-11-26-23(27)22(30-13-5-2)17-7-8-18(24)19(25)15-17/h1-2,6-9,14-15,22H,10-13H2,3H3,(H,26,27). The van der Waals surface area contributed by atoms with Crippen molar-refractivity contribution in [2.45, 2.75) is 12.5 Å². The van der Waals surface area contributed by atoms with Crippen LogP contribution in [0.1, 0.15) is 17.2 Å². The molecule has 1 atom stereocenters. The summed E-state index contributed by atoms with van der Waals surface area (Å²) in [5, 5.41) is 2.73. The minimum atomic E-state index is -1.05. The molecule has 0 bridgehead atoms. The Morgan fingerprint density at radius 3 is 2.60 bits per heavy atom. The van der Waals surface area contributed by atoms with Crippen molar-refractivity contribution in [1.82, 2.24) is 5.32 Å². The molecule has 0 heterocycles. The number of ether oxygens (including phenoxy) is 3. The molecule has 0 aliphatic carbocycles. The number of terminal acetylenes is 2. The van der Waals surface area contributed by atoms with Crippen molar-refractivity contribution in [2.24, 2.45) is 0 Å². The highest BCUT2D eigenvalue weighted by atomic mass is 35.5. The van der Waals surface area contributed by atoms with Gasteiger partial charge < -0.3 is 19.5 Å². The molecule has 1 amide bonds. The zero-order valence-electron chi connectivity index (χ0n) is 16.4. The van der Waals surface area contributed by atoms with Crippen LogP contribution in [-0.4, -0.2) is 32.8 Å². The van der Waals surface area contributed by atoms with Crippen molar-refractivity contribution < 1.29 is 23.4 Å². The molecule has 0 fully saturated rings. The molecular formula is C23H21ClFNO4. The zero-order valence-corrected chi connectivity index (χ0v) is 17.2. The van der Waals surface area contributed by atoms with Gasteiger partial charge in [-0.2, -0.15) is 0 Å². The van der Waals surface area contributed by atoms with Gasteiger partial charge in [0.05, 0.1) is 12.1 Å². The van der Waals surface area contributed by atoms with Gasteiger partial charge in [0.15, 0.2) is 17.6 Å². The predicted molar refractivity (Wildman–Crippen MR) is 113 cm³/mol. The molecule has 2 aromatic carbocycles. The fourth-order valence-corrected chi connectivity index (χ4v) is 2.78. The van der Waals surface area contributed by atoms with E-state index in [1.54, 1.807) is 12.1 Å². The summed E-state index contributed by atoms with van der Waals surface area (Å²) in [4.78, 5) is 12.6. The molecule has 1 unspecified atom stereocenters. The smallest absolute Gasteiger partial charge is 0.253 e. The van der Waals surface area contributed by atoms with Crippen molar-refractivity contribution in [3.05, 3.63) is 58.4 Å². The van der Waals surface area contributed by atoms with Gasteiger partial charge in [-0.05, 0) is 41.8 Å². The molecule has 0 saturated carbocycles. The molecule has 0 aromatic heterocycles. The molecule has 2 rings (SSSR count). The van der Waals surface area contributed by atoms with Crippen molar-refractivity contribution >= 4 is 17.5 Å². The first-order valence-corrected chi connectivity index (χ1v) is 9.38. The van der Waals surface area contributed by atoms with E-state index in [0.717, 1.165) is 11.6 Å². The third-order valence-corrected chi connectivity index (χ3v) is 4.38. The first-order chi connectivity index (χ1) is 14.5. The number of hydrogen-bond donors (Lipinski definition) is 1. The van der Waals surface area contributed by atoms with Crippen LogP contribution in [0, 0.1) is 30.5 Å². The molecule has 2 aromatic rings. The number of amides is 1. The zero-order chi connectivity index (χ0) is 21.9. The monoisotopic (exact) mass is 429 g/mol. The van der Waals surface area contributed by atoms with E-state index in [4.69, 9.17) is 38.7 Å². The summed E-state index contributed by atoms with van der Waals surface area (Å²) in [6.45, 7) is 0.354. The quantitative estimate of drug-likeness (QED) is 0.587. The van der Waals surface area contributed by atoms with Gasteiger partial charge in [-0.3, -0.25) is 4.79 Å². The van der Waals surface area contributed by atoms with Gasteiger partial charge >= 0.3 is 0 Å². The highest BCUT2D eigenvalue weighted by molar-refractivity contribution is 6.30. The maximum atomic E-state index is 13.8. The summed E-state index contributed by atoms with van der Waals surface area (Å²) >= 11 is 5.71. The summed E-state index contributed by atoms with van der Waals surface area (Å²) in [6, 6.07) is 9.44. The Hall–Kier alpha value is -3.19. The highest BCUT2D eigenvalue weighted by Gasteiger charge is 2.22. The molecule has 0 saturated heterocycles. The molecule has 7 heteroatoms. The Kier molecular flexibility index (Phi) is 9.03. The van der Waals surface area contributed by atoms with Crippen LogP contribution in [-0.2, 0) is 16.0 Å². The lowest BCUT2D eigenvalue weighted by molar-refractivity contribution is -0.132. The highest BCUT2D eigenvalue weighted by Crippen LogP contribution is 2.28. The molecule has 0 spiro atoms. The molecular weight excluding hydrogens is 409 g/mol. The summed E-state index contributed by atoms with van der Waals surface area (Å²) in [5.41, 5.74) is 1.24. The minimum Gasteiger partial charge on any atom is -0.493 e. The number of halogens is 2. The van der Waals surface area contributed by atoms with E-state index in [1.807, 2.05) is 6.07 Å². The molecule has 0 aliphatic heterocycles. The van der Waals surface area contributed by atoms with Gasteiger partial charge in [-0.15, -0.1) is 12.8 Å². The normalized spacial score (nSPS) is 11.1. The summed E-state index contributed by atoms with van der Waals surface area (Å²) < 4.78 is 29.9. The van der Waals surface area contributed by atoms with Crippen LogP contribution in [0.4, 0.5) is 4.39 Å². The third-order valence-electron chi connectivity index (χ3n) is 4.07. The molecule has 0 radical (unpaired) electrons. The fourth-order valence-electron chi connectivity index (χ4n) is 2.66. The second-order valence-electron chi connectivity index (χ2n) is 6.09. The van der Waals surface area contributed by atoms with Crippen molar-refractivity contribution in [2.75, 3.05) is 26.9 Å². The molecule has 30 heavy (non-hydrogen) atoms. The Labute approximate surface area is 180 Å². The lowest BCUT2D eigenvalue weighted by atomic mass is 10.1. The van der Waals surface area contributed by atoms with Gasteiger partial charge in [0.25, 0.3) is 5.91 Å². The second-order valence-corrected chi connectivity index (χ2v) is 6.49. The largest absolute Gasteiger partial charge is 0.493 e. The number of benzene rings is 2. The number of rotatable bonds is 10. The average molecular weight is 430 g/mol. The van der Waals surface area contributed by atoms with E-state index >= 15 is 0 Å². The Balaban J connectivity index is 2.02. The van der Waals surface area contributed by atoms with E-state index in [2.05, 4.69) is 17.2 Å². The number of nitrogens with one attached hydrogen (secondary N) is 1. The number of hydrogen-bond acceptors (Lipinski definition) is 4. The molecule has 156 valence electrons. The first kappa shape index (κ1) is 23.1. The Morgan fingerprint density at radius 2 is 1.93 bits per heavy atom. The van der Waals surface area contributed by atoms with Crippen LogP contribution in [0.3, 0.4) is 0 Å². The SMILES string of the molecule is C#CCOc1ccc(CCNC(=O)C(OCC#C)c2ccc(Cl)c(F)c2)cc1OC. The second kappa shape index (κ2) is 11.7. The van der Waals surface area contributed by atoms with Gasteiger partial charge in [0, 0.05) is 6.54 Å². The van der Waals surface area contributed by atoms with Crippen LogP contribution < -0.4 is 14.8 Å². The van der Waals surface area contributed by atoms with Gasteiger partial charge in [-0.25, -0.2) is 4.39 Å². The van der Waals surface area contributed by atoms with Gasteiger partial charge in [0.1, 0.15) is 19.0 Å². The van der Waals surface area contributed by atoms with E-state index in [9.17, 15) is 9.18 Å². The molecule has 5 nitrogen and oxygen atoms in total. The van der Waals surface area contributed by atoms with Crippen LogP contribution in [0.25, 0.3) is 0 Å². The summed E-state index contributed by atoms with van der Waals surface area (Å²) in [6.07, 6.45) is 9.89. The van der Waals surface area contributed by atoms with E-state index in [0.29, 0.717) is 30.0 Å². The molecule has 1 N–H and O–H groups in total. The minimum absolute atomic E-state index is 0.0431. The maximum absolute atomic E-state index is 13.8. The van der Waals surface area contributed by atoms with E-state index in [1.165, 1.54) is 19.2 Å². The van der Waals surface area contributed by atoms with Crippen LogP contribution in [0.2, 0.25) is 5.02 Å². The first-order valence-electron chi connectivity index (χ1n) is 9.01. The lowest BCUT2D eigenvalue weighted by Gasteiger charge is -2.17. The predicted octanol–water partition coefficient (Wildman–Crippen LogP) is 3.55. The number of methoxy groups -OCH3 is 1. The number of carbonyl (C=O) groups excluding carboxylic acids is 1. The van der Waals surface area contributed by atoms with Gasteiger partial charge in [0.2, 0.25) is 0 Å². The summed E-state index contributed by atoms with van der Waals surface area (Å²) in [5.74, 6) is 4.70. The summed E-state index contributed by atoms with van der Waals surface area (Å²) in [7, 11) is 1.53. The maximum Gasteiger partial charge on any atom is 0.253 e. The Morgan fingerprint density at radius 1 is 1.17 bits per heavy atom. The average Bonchev–Trinajstić information content (AvgIpc) is 2.75. The van der Waals surface area contributed by atoms with Crippen LogP contribution >= 0.6 is 11.6 Å². The molecule has 0 aliphatic rings.